The van der Waals surface area contributed by atoms with E-state index in [9.17, 15) is 4.39 Å². The first-order valence-corrected chi connectivity index (χ1v) is 3.72. The largest absolute Gasteiger partial charge is 0.319 e. The van der Waals surface area contributed by atoms with Gasteiger partial charge in [0.2, 0.25) is 0 Å². The molecule has 1 N–H and O–H groups in total. The summed E-state index contributed by atoms with van der Waals surface area (Å²) in [6, 6.07) is 6.61. The van der Waals surface area contributed by atoms with Gasteiger partial charge in [0, 0.05) is 1.43 Å². The maximum atomic E-state index is 12.4. The van der Waals surface area contributed by atoms with Crippen molar-refractivity contribution in [3.05, 3.63) is 35.6 Å². The highest BCUT2D eigenvalue weighted by atomic mass is 19.1. The van der Waals surface area contributed by atoms with E-state index in [1.807, 2.05) is 19.2 Å². The predicted molar refractivity (Wildman–Crippen MR) is 46.1 cm³/mol. The standard InChI is InChI=1S/C9H12FN.H2/c1-11-7-6-8-2-4-9(10)5-3-8;/h2-5,11H,6-7H2,1H3;1H. The van der Waals surface area contributed by atoms with Gasteiger partial charge in [-0.2, -0.15) is 0 Å². The van der Waals surface area contributed by atoms with Gasteiger partial charge in [-0.3, -0.25) is 0 Å². The van der Waals surface area contributed by atoms with Gasteiger partial charge < -0.3 is 5.32 Å². The molecule has 0 unspecified atom stereocenters. The molecule has 62 valence electrons. The maximum Gasteiger partial charge on any atom is 0.123 e. The van der Waals surface area contributed by atoms with Gasteiger partial charge in [-0.1, -0.05) is 12.1 Å². The molecule has 0 fully saturated rings. The summed E-state index contributed by atoms with van der Waals surface area (Å²) in [5.41, 5.74) is 1.17. The van der Waals surface area contributed by atoms with Gasteiger partial charge in [0.25, 0.3) is 0 Å². The minimum Gasteiger partial charge on any atom is -0.319 e. The Kier molecular flexibility index (Phi) is 3.05. The smallest absolute Gasteiger partial charge is 0.123 e. The zero-order valence-electron chi connectivity index (χ0n) is 6.60. The molecule has 0 atom stereocenters. The van der Waals surface area contributed by atoms with Crippen LogP contribution in [0.2, 0.25) is 0 Å². The van der Waals surface area contributed by atoms with Crippen LogP contribution in [0.3, 0.4) is 0 Å². The Morgan fingerprint density at radius 2 is 2.00 bits per heavy atom. The lowest BCUT2D eigenvalue weighted by Gasteiger charge is -1.98. The molecule has 2 heteroatoms. The van der Waals surface area contributed by atoms with Crippen molar-refractivity contribution >= 4 is 0 Å². The van der Waals surface area contributed by atoms with Crippen molar-refractivity contribution in [2.24, 2.45) is 0 Å². The molecule has 0 aliphatic carbocycles. The van der Waals surface area contributed by atoms with Crippen LogP contribution < -0.4 is 5.32 Å². The van der Waals surface area contributed by atoms with Gasteiger partial charge in [-0.25, -0.2) is 4.39 Å². The van der Waals surface area contributed by atoms with Crippen LogP contribution in [0, 0.1) is 5.82 Å². The topological polar surface area (TPSA) is 12.0 Å². The molecule has 0 aromatic heterocycles. The number of rotatable bonds is 3. The average Bonchev–Trinajstić information content (AvgIpc) is 2.04. The molecule has 0 radical (unpaired) electrons. The molecule has 0 heterocycles. The number of likely N-dealkylation sites (N-methyl/N-ethyl adjacent to an activating group) is 1. The first kappa shape index (κ1) is 8.21. The van der Waals surface area contributed by atoms with Gasteiger partial charge in [-0.05, 0) is 37.7 Å². The SMILES string of the molecule is CNCCc1ccc(F)cc1.[HH]. The molecule has 0 aliphatic heterocycles. The van der Waals surface area contributed by atoms with E-state index in [-0.39, 0.29) is 7.24 Å². The Hall–Kier alpha value is -0.890. The van der Waals surface area contributed by atoms with Crippen LogP contribution in [0.5, 0.6) is 0 Å². The summed E-state index contributed by atoms with van der Waals surface area (Å²) in [4.78, 5) is 0. The predicted octanol–water partition coefficient (Wildman–Crippen LogP) is 1.83. The Bertz CT molecular complexity index is 210. The van der Waals surface area contributed by atoms with Crippen molar-refractivity contribution in [3.63, 3.8) is 0 Å². The Morgan fingerprint density at radius 1 is 1.36 bits per heavy atom. The summed E-state index contributed by atoms with van der Waals surface area (Å²) in [5.74, 6) is -0.168. The fourth-order valence-corrected chi connectivity index (χ4v) is 0.920. The zero-order valence-corrected chi connectivity index (χ0v) is 6.60. The van der Waals surface area contributed by atoms with Crippen LogP contribution in [0.25, 0.3) is 0 Å². The highest BCUT2D eigenvalue weighted by Crippen LogP contribution is 2.02. The third-order valence-electron chi connectivity index (χ3n) is 1.58. The number of halogens is 1. The van der Waals surface area contributed by atoms with Gasteiger partial charge in [0.05, 0.1) is 0 Å². The minimum atomic E-state index is -0.168. The fourth-order valence-electron chi connectivity index (χ4n) is 0.920. The average molecular weight is 155 g/mol. The van der Waals surface area contributed by atoms with Crippen LogP contribution in [0.15, 0.2) is 24.3 Å². The number of hydrogen-bond acceptors (Lipinski definition) is 1. The summed E-state index contributed by atoms with van der Waals surface area (Å²) < 4.78 is 12.4. The van der Waals surface area contributed by atoms with Crippen molar-refractivity contribution in [2.45, 2.75) is 6.42 Å². The minimum absolute atomic E-state index is 0. The van der Waals surface area contributed by atoms with E-state index in [4.69, 9.17) is 0 Å². The van der Waals surface area contributed by atoms with E-state index in [2.05, 4.69) is 5.32 Å². The molecule has 0 aliphatic rings. The van der Waals surface area contributed by atoms with Gasteiger partial charge in [0.15, 0.2) is 0 Å². The highest BCUT2D eigenvalue weighted by Gasteiger charge is 1.91. The number of nitrogens with one attached hydrogen (secondary N) is 1. The lowest BCUT2D eigenvalue weighted by Crippen LogP contribution is -2.10. The van der Waals surface area contributed by atoms with Gasteiger partial charge >= 0.3 is 0 Å². The van der Waals surface area contributed by atoms with Crippen molar-refractivity contribution < 1.29 is 5.82 Å². The van der Waals surface area contributed by atoms with Crippen molar-refractivity contribution in [3.8, 4) is 0 Å². The summed E-state index contributed by atoms with van der Waals surface area (Å²) in [6.45, 7) is 0.936. The normalized spacial score (nSPS) is 10.0. The van der Waals surface area contributed by atoms with Gasteiger partial charge in [-0.15, -0.1) is 0 Å². The van der Waals surface area contributed by atoms with Crippen LogP contribution in [0.4, 0.5) is 4.39 Å². The molecular weight excluding hydrogens is 141 g/mol. The lowest BCUT2D eigenvalue weighted by molar-refractivity contribution is 0.626. The molecular formula is C9H14FN. The molecule has 1 nitrogen and oxygen atoms in total. The summed E-state index contributed by atoms with van der Waals surface area (Å²) >= 11 is 0. The molecule has 11 heavy (non-hydrogen) atoms. The molecule has 0 spiro atoms. The number of benzene rings is 1. The second-order valence-electron chi connectivity index (χ2n) is 2.48. The first-order valence-electron chi connectivity index (χ1n) is 3.72. The van der Waals surface area contributed by atoms with E-state index >= 15 is 0 Å². The lowest BCUT2D eigenvalue weighted by atomic mass is 10.1. The summed E-state index contributed by atoms with van der Waals surface area (Å²) in [7, 11) is 1.91. The van der Waals surface area contributed by atoms with Crippen molar-refractivity contribution in [2.75, 3.05) is 13.6 Å². The van der Waals surface area contributed by atoms with Crippen molar-refractivity contribution in [1.29, 1.82) is 0 Å². The summed E-state index contributed by atoms with van der Waals surface area (Å²) in [6.07, 6.45) is 0.955. The van der Waals surface area contributed by atoms with Crippen LogP contribution in [0.1, 0.15) is 6.99 Å². The monoisotopic (exact) mass is 155 g/mol. The molecule has 0 amide bonds. The van der Waals surface area contributed by atoms with E-state index in [1.54, 1.807) is 0 Å². The van der Waals surface area contributed by atoms with Crippen LogP contribution >= 0.6 is 0 Å². The highest BCUT2D eigenvalue weighted by molar-refractivity contribution is 5.16. The van der Waals surface area contributed by atoms with Crippen molar-refractivity contribution in [1.82, 2.24) is 5.32 Å². The van der Waals surface area contributed by atoms with Crippen LogP contribution in [-0.2, 0) is 6.42 Å². The molecule has 0 bridgehead atoms. The molecule has 1 rings (SSSR count). The maximum absolute atomic E-state index is 12.4. The molecule has 0 saturated carbocycles. The third kappa shape index (κ3) is 2.68. The molecule has 1 aromatic rings. The Balaban J connectivity index is 0.00000121. The number of hydrogen-bond donors (Lipinski definition) is 1. The first-order chi connectivity index (χ1) is 5.33. The van der Waals surface area contributed by atoms with Gasteiger partial charge in [0.1, 0.15) is 5.82 Å². The van der Waals surface area contributed by atoms with E-state index < -0.39 is 0 Å². The molecule has 1 aromatic carbocycles. The van der Waals surface area contributed by atoms with Crippen LogP contribution in [-0.4, -0.2) is 13.6 Å². The summed E-state index contributed by atoms with van der Waals surface area (Å²) in [5, 5.41) is 3.04. The Labute approximate surface area is 67.7 Å². The van der Waals surface area contributed by atoms with E-state index in [1.165, 1.54) is 17.7 Å². The second kappa shape index (κ2) is 4.09. The Morgan fingerprint density at radius 3 is 2.55 bits per heavy atom. The fraction of sp³-hybridized carbons (Fsp3) is 0.333. The quantitative estimate of drug-likeness (QED) is 0.702. The van der Waals surface area contributed by atoms with E-state index in [0.717, 1.165) is 13.0 Å². The molecule has 0 saturated heterocycles. The zero-order chi connectivity index (χ0) is 8.10. The second-order valence-corrected chi connectivity index (χ2v) is 2.48. The third-order valence-corrected chi connectivity index (χ3v) is 1.58. The van der Waals surface area contributed by atoms with E-state index in [0.29, 0.717) is 0 Å².